The van der Waals surface area contributed by atoms with Crippen LogP contribution in [-0.4, -0.2) is 27.8 Å². The average Bonchev–Trinajstić information content (AvgIpc) is 2.84. The van der Waals surface area contributed by atoms with Crippen LogP contribution >= 0.6 is 0 Å². The summed E-state index contributed by atoms with van der Waals surface area (Å²) in [5.41, 5.74) is 1.18. The summed E-state index contributed by atoms with van der Waals surface area (Å²) in [6, 6.07) is 15.4. The zero-order valence-electron chi connectivity index (χ0n) is 12.6. The van der Waals surface area contributed by atoms with Crippen molar-refractivity contribution in [3.63, 3.8) is 0 Å². The molecule has 1 aliphatic heterocycles. The van der Waals surface area contributed by atoms with E-state index < -0.39 is 17.8 Å². The Morgan fingerprint density at radius 1 is 1.00 bits per heavy atom. The number of rotatable bonds is 5. The number of carbonyl (C=O) groups excluding carboxylic acids is 2. The predicted molar refractivity (Wildman–Crippen MR) is 87.1 cm³/mol. The number of benzene rings is 2. The third-order valence-corrected chi connectivity index (χ3v) is 3.62. The van der Waals surface area contributed by atoms with Crippen LogP contribution in [0.15, 0.2) is 66.4 Å². The monoisotopic (exact) mass is 322 g/mol. The maximum Gasteiger partial charge on any atom is 0.337 e. The Balaban J connectivity index is 1.79. The second-order valence-corrected chi connectivity index (χ2v) is 5.25. The van der Waals surface area contributed by atoms with Gasteiger partial charge in [-0.2, -0.15) is 0 Å². The SMILES string of the molecule is O=C(O)c1ccccc1NC1=CC(=O)N(Cc2ccccc2)C1=O. The highest BCUT2D eigenvalue weighted by atomic mass is 16.4. The number of hydrogen-bond donors (Lipinski definition) is 2. The van der Waals surface area contributed by atoms with E-state index in [1.54, 1.807) is 18.2 Å². The minimum Gasteiger partial charge on any atom is -0.478 e. The molecule has 0 fully saturated rings. The van der Waals surface area contributed by atoms with Crippen LogP contribution < -0.4 is 5.32 Å². The Kier molecular flexibility index (Phi) is 4.11. The summed E-state index contributed by atoms with van der Waals surface area (Å²) in [5, 5.41) is 11.9. The molecule has 2 aromatic carbocycles. The van der Waals surface area contributed by atoms with Crippen LogP contribution in [0.2, 0.25) is 0 Å². The smallest absolute Gasteiger partial charge is 0.337 e. The van der Waals surface area contributed by atoms with Gasteiger partial charge in [-0.1, -0.05) is 42.5 Å². The number of carbonyl (C=O) groups is 3. The maximum atomic E-state index is 12.4. The number of nitrogens with one attached hydrogen (secondary N) is 1. The molecule has 3 rings (SSSR count). The zero-order valence-corrected chi connectivity index (χ0v) is 12.6. The van der Waals surface area contributed by atoms with Gasteiger partial charge in [0.25, 0.3) is 11.8 Å². The number of imide groups is 1. The summed E-state index contributed by atoms with van der Waals surface area (Å²) in [7, 11) is 0. The number of nitrogens with zero attached hydrogens (tertiary/aromatic N) is 1. The Bertz CT molecular complexity index is 843. The molecule has 6 nitrogen and oxygen atoms in total. The van der Waals surface area contributed by atoms with Gasteiger partial charge in [0, 0.05) is 6.08 Å². The second-order valence-electron chi connectivity index (χ2n) is 5.25. The molecule has 1 aliphatic rings. The molecule has 2 aromatic rings. The molecule has 2 N–H and O–H groups in total. The number of amides is 2. The molecule has 0 spiro atoms. The Hall–Kier alpha value is -3.41. The number of hydrogen-bond acceptors (Lipinski definition) is 4. The molecule has 2 amide bonds. The maximum absolute atomic E-state index is 12.4. The van der Waals surface area contributed by atoms with Crippen LogP contribution in [0.25, 0.3) is 0 Å². The molecule has 0 aromatic heterocycles. The lowest BCUT2D eigenvalue weighted by Gasteiger charge is -2.15. The fraction of sp³-hybridized carbons (Fsp3) is 0.0556. The first kappa shape index (κ1) is 15.5. The minimum atomic E-state index is -1.11. The number of para-hydroxylation sites is 1. The van der Waals surface area contributed by atoms with Gasteiger partial charge in [0.05, 0.1) is 17.8 Å². The molecule has 1 heterocycles. The Morgan fingerprint density at radius 2 is 1.67 bits per heavy atom. The van der Waals surface area contributed by atoms with Gasteiger partial charge >= 0.3 is 5.97 Å². The second kappa shape index (κ2) is 6.37. The molecule has 0 saturated carbocycles. The highest BCUT2D eigenvalue weighted by Gasteiger charge is 2.31. The van der Waals surface area contributed by atoms with Crippen molar-refractivity contribution in [2.45, 2.75) is 6.54 Å². The number of carboxylic acids is 1. The highest BCUT2D eigenvalue weighted by Crippen LogP contribution is 2.22. The average molecular weight is 322 g/mol. The van der Waals surface area contributed by atoms with Gasteiger partial charge in [-0.15, -0.1) is 0 Å². The molecule has 120 valence electrons. The first-order valence-electron chi connectivity index (χ1n) is 7.27. The third-order valence-electron chi connectivity index (χ3n) is 3.62. The standard InChI is InChI=1S/C18H14N2O4/c21-16-10-15(19-14-9-5-4-8-13(14)18(23)24)17(22)20(16)11-12-6-2-1-3-7-12/h1-10,19H,11H2,(H,23,24). The van der Waals surface area contributed by atoms with Crippen LogP contribution in [0.4, 0.5) is 5.69 Å². The molecule has 0 bridgehead atoms. The third kappa shape index (κ3) is 3.03. The van der Waals surface area contributed by atoms with E-state index in [1.807, 2.05) is 30.3 Å². The van der Waals surface area contributed by atoms with Crippen molar-refractivity contribution in [3.05, 3.63) is 77.5 Å². The zero-order chi connectivity index (χ0) is 17.1. The van der Waals surface area contributed by atoms with Crippen molar-refractivity contribution < 1.29 is 19.5 Å². The molecule has 0 radical (unpaired) electrons. The van der Waals surface area contributed by atoms with E-state index in [0.717, 1.165) is 10.5 Å². The lowest BCUT2D eigenvalue weighted by Crippen LogP contribution is -2.31. The van der Waals surface area contributed by atoms with Crippen LogP contribution in [-0.2, 0) is 16.1 Å². The van der Waals surface area contributed by atoms with Gasteiger partial charge in [-0.3, -0.25) is 14.5 Å². The van der Waals surface area contributed by atoms with Crippen LogP contribution in [0.5, 0.6) is 0 Å². The van der Waals surface area contributed by atoms with Crippen LogP contribution in [0.1, 0.15) is 15.9 Å². The summed E-state index contributed by atoms with van der Waals surface area (Å²) in [6.07, 6.45) is 1.18. The summed E-state index contributed by atoms with van der Waals surface area (Å²) < 4.78 is 0. The summed E-state index contributed by atoms with van der Waals surface area (Å²) >= 11 is 0. The van der Waals surface area contributed by atoms with Crippen LogP contribution in [0, 0.1) is 0 Å². The molecule has 0 aliphatic carbocycles. The summed E-state index contributed by atoms with van der Waals surface area (Å²) in [4.78, 5) is 36.9. The van der Waals surface area contributed by atoms with E-state index in [9.17, 15) is 19.5 Å². The fourth-order valence-corrected chi connectivity index (χ4v) is 2.44. The number of aromatic carboxylic acids is 1. The van der Waals surface area contributed by atoms with Gasteiger partial charge in [0.15, 0.2) is 0 Å². The lowest BCUT2D eigenvalue weighted by atomic mass is 10.1. The topological polar surface area (TPSA) is 86.7 Å². The molecule has 24 heavy (non-hydrogen) atoms. The minimum absolute atomic E-state index is 0.0279. The highest BCUT2D eigenvalue weighted by molar-refractivity contribution is 6.17. The summed E-state index contributed by atoms with van der Waals surface area (Å²) in [6.45, 7) is 0.167. The predicted octanol–water partition coefficient (Wildman–Crippen LogP) is 2.25. The van der Waals surface area contributed by atoms with Crippen molar-refractivity contribution in [2.75, 3.05) is 5.32 Å². The van der Waals surface area contributed by atoms with Gasteiger partial charge in [0.1, 0.15) is 5.70 Å². The number of anilines is 1. The first-order chi connectivity index (χ1) is 11.6. The van der Waals surface area contributed by atoms with Crippen molar-refractivity contribution >= 4 is 23.5 Å². The number of carboxylic acid groups (broad SMARTS) is 1. The molecule has 0 atom stereocenters. The Labute approximate surface area is 138 Å². The van der Waals surface area contributed by atoms with Gasteiger partial charge in [-0.25, -0.2) is 4.79 Å². The quantitative estimate of drug-likeness (QED) is 0.825. The normalized spacial score (nSPS) is 13.8. The Morgan fingerprint density at radius 3 is 2.38 bits per heavy atom. The van der Waals surface area contributed by atoms with E-state index in [-0.39, 0.29) is 23.5 Å². The molecule has 6 heteroatoms. The van der Waals surface area contributed by atoms with Crippen LogP contribution in [0.3, 0.4) is 0 Å². The molecule has 0 saturated heterocycles. The molecular formula is C18H14N2O4. The van der Waals surface area contributed by atoms with E-state index in [0.29, 0.717) is 0 Å². The fourth-order valence-electron chi connectivity index (χ4n) is 2.44. The van der Waals surface area contributed by atoms with E-state index in [4.69, 9.17) is 0 Å². The van der Waals surface area contributed by atoms with E-state index in [2.05, 4.69) is 5.32 Å². The first-order valence-corrected chi connectivity index (χ1v) is 7.27. The van der Waals surface area contributed by atoms with Gasteiger partial charge in [0.2, 0.25) is 0 Å². The molecule has 0 unspecified atom stereocenters. The van der Waals surface area contributed by atoms with Crippen molar-refractivity contribution in [1.29, 1.82) is 0 Å². The largest absolute Gasteiger partial charge is 0.478 e. The van der Waals surface area contributed by atoms with Crippen molar-refractivity contribution in [3.8, 4) is 0 Å². The van der Waals surface area contributed by atoms with Gasteiger partial charge in [-0.05, 0) is 17.7 Å². The van der Waals surface area contributed by atoms with E-state index in [1.165, 1.54) is 12.1 Å². The van der Waals surface area contributed by atoms with Crippen molar-refractivity contribution in [2.24, 2.45) is 0 Å². The van der Waals surface area contributed by atoms with Crippen molar-refractivity contribution in [1.82, 2.24) is 4.90 Å². The van der Waals surface area contributed by atoms with E-state index >= 15 is 0 Å². The summed E-state index contributed by atoms with van der Waals surface area (Å²) in [5.74, 6) is -2.03. The van der Waals surface area contributed by atoms with Gasteiger partial charge < -0.3 is 10.4 Å². The molecular weight excluding hydrogens is 308 g/mol. The lowest BCUT2D eigenvalue weighted by molar-refractivity contribution is -0.137.